The molecule has 1 saturated heterocycles. The van der Waals surface area contributed by atoms with Crippen LogP contribution in [-0.2, 0) is 7.05 Å². The van der Waals surface area contributed by atoms with Crippen LogP contribution < -0.4 is 10.2 Å². The Bertz CT molecular complexity index is 675. The second-order valence-electron chi connectivity index (χ2n) is 6.26. The number of aromatic nitrogens is 3. The van der Waals surface area contributed by atoms with E-state index in [2.05, 4.69) is 32.4 Å². The van der Waals surface area contributed by atoms with E-state index >= 15 is 0 Å². The first-order valence-electron chi connectivity index (χ1n) is 8.28. The first-order valence-corrected chi connectivity index (χ1v) is 8.28. The molecule has 24 heavy (non-hydrogen) atoms. The largest absolute Gasteiger partial charge is 0.465 e. The highest BCUT2D eigenvalue weighted by molar-refractivity contribution is 5.64. The lowest BCUT2D eigenvalue weighted by Crippen LogP contribution is -2.35. The predicted molar refractivity (Wildman–Crippen MR) is 92.0 cm³/mol. The average Bonchev–Trinajstić information content (AvgIpc) is 3.02. The van der Waals surface area contributed by atoms with Crippen molar-refractivity contribution in [1.82, 2.24) is 20.1 Å². The van der Waals surface area contributed by atoms with Gasteiger partial charge in [-0.15, -0.1) is 0 Å². The predicted octanol–water partition coefficient (Wildman–Crippen LogP) is 2.36. The highest BCUT2D eigenvalue weighted by atomic mass is 16.4. The normalized spacial score (nSPS) is 15.5. The van der Waals surface area contributed by atoms with E-state index in [1.807, 2.05) is 25.6 Å². The zero-order valence-corrected chi connectivity index (χ0v) is 13.9. The number of carboxylic acid groups (broad SMARTS) is 1. The Kier molecular flexibility index (Phi) is 4.98. The van der Waals surface area contributed by atoms with Gasteiger partial charge < -0.3 is 15.3 Å². The van der Waals surface area contributed by atoms with Crippen LogP contribution in [0.4, 0.5) is 10.6 Å². The summed E-state index contributed by atoms with van der Waals surface area (Å²) in [5, 5.41) is 15.2. The van der Waals surface area contributed by atoms with E-state index in [0.717, 1.165) is 49.3 Å². The maximum absolute atomic E-state index is 10.5. The van der Waals surface area contributed by atoms with Crippen molar-refractivity contribution in [1.29, 1.82) is 0 Å². The molecule has 1 amide bonds. The Labute approximate surface area is 141 Å². The standard InChI is InChI=1S/C17H23N5O2/c1-21-12-15(11-20-21)14-2-3-16(19-10-14)22-8-5-13(6-9-22)4-7-18-17(23)24/h2-3,10-13,18H,4-9H2,1H3,(H,23,24). The van der Waals surface area contributed by atoms with Crippen LogP contribution in [0.1, 0.15) is 19.3 Å². The van der Waals surface area contributed by atoms with Crippen LogP contribution in [0.3, 0.4) is 0 Å². The van der Waals surface area contributed by atoms with E-state index in [4.69, 9.17) is 5.11 Å². The lowest BCUT2D eigenvalue weighted by molar-refractivity contribution is 0.193. The van der Waals surface area contributed by atoms with Crippen LogP contribution in [0.2, 0.25) is 0 Å². The SMILES string of the molecule is Cn1cc(-c2ccc(N3CCC(CCNC(=O)O)CC3)nc2)cn1. The highest BCUT2D eigenvalue weighted by Crippen LogP contribution is 2.25. The van der Waals surface area contributed by atoms with Gasteiger partial charge in [-0.3, -0.25) is 4.68 Å². The summed E-state index contributed by atoms with van der Waals surface area (Å²) >= 11 is 0. The number of nitrogens with one attached hydrogen (secondary N) is 1. The van der Waals surface area contributed by atoms with E-state index in [-0.39, 0.29) is 0 Å². The highest BCUT2D eigenvalue weighted by Gasteiger charge is 2.20. The maximum Gasteiger partial charge on any atom is 0.404 e. The molecular weight excluding hydrogens is 306 g/mol. The molecule has 0 aliphatic carbocycles. The molecule has 1 aliphatic rings. The molecule has 0 radical (unpaired) electrons. The molecule has 7 heteroatoms. The fourth-order valence-electron chi connectivity index (χ4n) is 3.15. The minimum atomic E-state index is -0.939. The van der Waals surface area contributed by atoms with E-state index in [1.54, 1.807) is 4.68 Å². The molecule has 0 atom stereocenters. The van der Waals surface area contributed by atoms with Crippen LogP contribution in [0.15, 0.2) is 30.7 Å². The van der Waals surface area contributed by atoms with Gasteiger partial charge in [0.05, 0.1) is 6.20 Å². The van der Waals surface area contributed by atoms with Gasteiger partial charge >= 0.3 is 6.09 Å². The molecule has 3 heterocycles. The summed E-state index contributed by atoms with van der Waals surface area (Å²) < 4.78 is 1.78. The maximum atomic E-state index is 10.5. The molecule has 0 saturated carbocycles. The third-order valence-corrected chi connectivity index (χ3v) is 4.55. The summed E-state index contributed by atoms with van der Waals surface area (Å²) in [6, 6.07) is 4.15. The number of aryl methyl sites for hydroxylation is 1. The van der Waals surface area contributed by atoms with Gasteiger partial charge in [-0.05, 0) is 37.3 Å². The quantitative estimate of drug-likeness (QED) is 0.880. The third-order valence-electron chi connectivity index (χ3n) is 4.55. The van der Waals surface area contributed by atoms with Crippen LogP contribution in [0, 0.1) is 5.92 Å². The van der Waals surface area contributed by atoms with Crippen LogP contribution in [-0.4, -0.2) is 45.6 Å². The number of nitrogens with zero attached hydrogens (tertiary/aromatic N) is 4. The molecule has 1 aliphatic heterocycles. The van der Waals surface area contributed by atoms with Gasteiger partial charge in [-0.1, -0.05) is 0 Å². The van der Waals surface area contributed by atoms with E-state index in [9.17, 15) is 4.79 Å². The molecule has 2 N–H and O–H groups in total. The average molecular weight is 329 g/mol. The number of hydrogen-bond donors (Lipinski definition) is 2. The third kappa shape index (κ3) is 4.04. The molecular formula is C17H23N5O2. The Balaban J connectivity index is 1.52. The molecule has 7 nitrogen and oxygen atoms in total. The second-order valence-corrected chi connectivity index (χ2v) is 6.26. The summed E-state index contributed by atoms with van der Waals surface area (Å²) in [6.45, 7) is 2.48. The summed E-state index contributed by atoms with van der Waals surface area (Å²) in [4.78, 5) is 17.4. The van der Waals surface area contributed by atoms with Crippen LogP contribution in [0.5, 0.6) is 0 Å². The molecule has 0 unspecified atom stereocenters. The van der Waals surface area contributed by atoms with E-state index in [1.165, 1.54) is 0 Å². The van der Waals surface area contributed by atoms with Gasteiger partial charge in [0.25, 0.3) is 0 Å². The van der Waals surface area contributed by atoms with Crippen molar-refractivity contribution in [2.24, 2.45) is 13.0 Å². The summed E-state index contributed by atoms with van der Waals surface area (Å²) in [7, 11) is 1.90. The number of carbonyl (C=O) groups is 1. The van der Waals surface area contributed by atoms with Crippen LogP contribution >= 0.6 is 0 Å². The molecule has 0 spiro atoms. The number of pyridine rings is 1. The second kappa shape index (κ2) is 7.33. The number of hydrogen-bond acceptors (Lipinski definition) is 4. The molecule has 2 aromatic heterocycles. The number of rotatable bonds is 5. The van der Waals surface area contributed by atoms with Gasteiger partial charge in [-0.25, -0.2) is 9.78 Å². The van der Waals surface area contributed by atoms with Gasteiger partial charge in [0, 0.05) is 50.2 Å². The Morgan fingerprint density at radius 1 is 1.29 bits per heavy atom. The van der Waals surface area contributed by atoms with Crippen molar-refractivity contribution >= 4 is 11.9 Å². The molecule has 128 valence electrons. The lowest BCUT2D eigenvalue weighted by atomic mass is 9.93. The summed E-state index contributed by atoms with van der Waals surface area (Å²) in [6.07, 6.45) is 7.84. The van der Waals surface area contributed by atoms with Crippen molar-refractivity contribution in [2.75, 3.05) is 24.5 Å². The van der Waals surface area contributed by atoms with Gasteiger partial charge in [0.2, 0.25) is 0 Å². The molecule has 2 aromatic rings. The first-order chi connectivity index (χ1) is 11.6. The zero-order chi connectivity index (χ0) is 16.9. The fraction of sp³-hybridized carbons (Fsp3) is 0.471. The Morgan fingerprint density at radius 3 is 2.67 bits per heavy atom. The van der Waals surface area contributed by atoms with E-state index in [0.29, 0.717) is 12.5 Å². The van der Waals surface area contributed by atoms with Crippen molar-refractivity contribution in [3.63, 3.8) is 0 Å². The topological polar surface area (TPSA) is 83.3 Å². The number of piperidine rings is 1. The van der Waals surface area contributed by atoms with Gasteiger partial charge in [-0.2, -0.15) is 5.10 Å². The zero-order valence-electron chi connectivity index (χ0n) is 13.9. The van der Waals surface area contributed by atoms with Crippen molar-refractivity contribution < 1.29 is 9.90 Å². The molecule has 3 rings (SSSR count). The molecule has 1 fully saturated rings. The Hall–Kier alpha value is -2.57. The minimum Gasteiger partial charge on any atom is -0.465 e. The van der Waals surface area contributed by atoms with Gasteiger partial charge in [0.1, 0.15) is 5.82 Å². The smallest absolute Gasteiger partial charge is 0.404 e. The summed E-state index contributed by atoms with van der Waals surface area (Å²) in [5.74, 6) is 1.59. The monoisotopic (exact) mass is 329 g/mol. The van der Waals surface area contributed by atoms with Gasteiger partial charge in [0.15, 0.2) is 0 Å². The van der Waals surface area contributed by atoms with Crippen molar-refractivity contribution in [3.8, 4) is 11.1 Å². The molecule has 0 aromatic carbocycles. The number of anilines is 1. The summed E-state index contributed by atoms with van der Waals surface area (Å²) in [5.41, 5.74) is 2.14. The number of amides is 1. The fourth-order valence-corrected chi connectivity index (χ4v) is 3.15. The van der Waals surface area contributed by atoms with Crippen LogP contribution in [0.25, 0.3) is 11.1 Å². The Morgan fingerprint density at radius 2 is 2.08 bits per heavy atom. The first kappa shape index (κ1) is 16.3. The van der Waals surface area contributed by atoms with Crippen molar-refractivity contribution in [3.05, 3.63) is 30.7 Å². The van der Waals surface area contributed by atoms with Crippen molar-refractivity contribution in [2.45, 2.75) is 19.3 Å². The minimum absolute atomic E-state index is 0.540. The molecule has 0 bridgehead atoms. The lowest BCUT2D eigenvalue weighted by Gasteiger charge is -2.32. The van der Waals surface area contributed by atoms with E-state index < -0.39 is 6.09 Å².